The van der Waals surface area contributed by atoms with Gasteiger partial charge in [-0.15, -0.1) is 0 Å². The van der Waals surface area contributed by atoms with Crippen LogP contribution in [-0.2, 0) is 4.74 Å². The second kappa shape index (κ2) is 16.8. The summed E-state index contributed by atoms with van der Waals surface area (Å²) in [6, 6.07) is 0. The van der Waals surface area contributed by atoms with Crippen molar-refractivity contribution in [2.45, 2.75) is 104 Å². The zero-order valence-corrected chi connectivity index (χ0v) is 14.3. The topological polar surface area (TPSA) is 9.23 Å². The Bertz CT molecular complexity index is 198. The van der Waals surface area contributed by atoms with Crippen molar-refractivity contribution < 1.29 is 4.74 Å². The van der Waals surface area contributed by atoms with E-state index in [1.807, 2.05) is 0 Å². The molecule has 0 radical (unpaired) electrons. The fraction of sp³-hybridized carbons (Fsp3) is 0.895. The van der Waals surface area contributed by atoms with Gasteiger partial charge in [0.2, 0.25) is 0 Å². The number of hydrogen-bond acceptors (Lipinski definition) is 1. The summed E-state index contributed by atoms with van der Waals surface area (Å²) in [5.74, 6) is 0. The first-order valence-corrected chi connectivity index (χ1v) is 9.07. The van der Waals surface area contributed by atoms with Gasteiger partial charge in [-0.3, -0.25) is 0 Å². The highest BCUT2D eigenvalue weighted by Gasteiger charge is 2.00. The van der Waals surface area contributed by atoms with Crippen LogP contribution < -0.4 is 0 Å². The van der Waals surface area contributed by atoms with Gasteiger partial charge >= 0.3 is 0 Å². The van der Waals surface area contributed by atoms with Crippen LogP contribution in [0, 0.1) is 0 Å². The predicted molar refractivity (Wildman–Crippen MR) is 91.3 cm³/mol. The van der Waals surface area contributed by atoms with E-state index in [9.17, 15) is 0 Å². The highest BCUT2D eigenvalue weighted by atomic mass is 16.5. The zero-order valence-electron chi connectivity index (χ0n) is 14.3. The van der Waals surface area contributed by atoms with Crippen molar-refractivity contribution in [2.75, 3.05) is 6.61 Å². The van der Waals surface area contributed by atoms with Crippen molar-refractivity contribution in [3.05, 3.63) is 12.2 Å². The number of unbranched alkanes of at least 4 members (excludes halogenated alkanes) is 8. The molecule has 20 heavy (non-hydrogen) atoms. The summed E-state index contributed by atoms with van der Waals surface area (Å²) in [7, 11) is 0. The van der Waals surface area contributed by atoms with Crippen molar-refractivity contribution in [1.29, 1.82) is 0 Å². The molecule has 120 valence electrons. The monoisotopic (exact) mass is 282 g/mol. The molecule has 0 amide bonds. The molecule has 0 saturated heterocycles. The predicted octanol–water partition coefficient (Wildman–Crippen LogP) is 6.67. The second-order valence-electron chi connectivity index (χ2n) is 5.99. The Morgan fingerprint density at radius 1 is 0.750 bits per heavy atom. The summed E-state index contributed by atoms with van der Waals surface area (Å²) in [6.07, 6.45) is 20.9. The van der Waals surface area contributed by atoms with Crippen molar-refractivity contribution in [3.63, 3.8) is 0 Å². The van der Waals surface area contributed by atoms with Crippen molar-refractivity contribution in [1.82, 2.24) is 0 Å². The van der Waals surface area contributed by atoms with E-state index < -0.39 is 0 Å². The molecule has 0 fully saturated rings. The first-order valence-electron chi connectivity index (χ1n) is 9.07. The quantitative estimate of drug-likeness (QED) is 0.241. The molecule has 1 atom stereocenters. The molecule has 0 bridgehead atoms. The Balaban J connectivity index is 3.17. The Hall–Kier alpha value is -0.300. The van der Waals surface area contributed by atoms with Crippen LogP contribution in [0.5, 0.6) is 0 Å². The normalized spacial score (nSPS) is 13.2. The maximum atomic E-state index is 5.76. The molecule has 0 heterocycles. The smallest absolute Gasteiger partial charge is 0.0547 e. The molecule has 0 aromatic rings. The summed E-state index contributed by atoms with van der Waals surface area (Å²) in [5.41, 5.74) is 0. The van der Waals surface area contributed by atoms with Gasteiger partial charge in [0, 0.05) is 6.61 Å². The van der Waals surface area contributed by atoms with E-state index in [2.05, 4.69) is 32.9 Å². The highest BCUT2D eigenvalue weighted by molar-refractivity contribution is 4.81. The van der Waals surface area contributed by atoms with E-state index in [0.717, 1.165) is 6.61 Å². The van der Waals surface area contributed by atoms with E-state index in [1.165, 1.54) is 77.0 Å². The summed E-state index contributed by atoms with van der Waals surface area (Å²) < 4.78 is 5.76. The molecule has 0 rings (SSSR count). The largest absolute Gasteiger partial charge is 0.379 e. The van der Waals surface area contributed by atoms with E-state index in [0.29, 0.717) is 6.10 Å². The minimum atomic E-state index is 0.454. The summed E-state index contributed by atoms with van der Waals surface area (Å²) in [5, 5.41) is 0. The van der Waals surface area contributed by atoms with Crippen molar-refractivity contribution in [3.8, 4) is 0 Å². The Morgan fingerprint density at radius 3 is 1.95 bits per heavy atom. The lowest BCUT2D eigenvalue weighted by Gasteiger charge is -2.12. The molecule has 0 aliphatic rings. The summed E-state index contributed by atoms with van der Waals surface area (Å²) in [6.45, 7) is 7.64. The van der Waals surface area contributed by atoms with Crippen LogP contribution in [0.3, 0.4) is 0 Å². The summed E-state index contributed by atoms with van der Waals surface area (Å²) >= 11 is 0. The second-order valence-corrected chi connectivity index (χ2v) is 5.99. The molecule has 0 saturated carbocycles. The van der Waals surface area contributed by atoms with Crippen LogP contribution in [0.15, 0.2) is 12.2 Å². The number of hydrogen-bond donors (Lipinski definition) is 0. The lowest BCUT2D eigenvalue weighted by Crippen LogP contribution is -2.08. The first kappa shape index (κ1) is 19.7. The third kappa shape index (κ3) is 15.8. The summed E-state index contributed by atoms with van der Waals surface area (Å²) in [4.78, 5) is 0. The van der Waals surface area contributed by atoms with Gasteiger partial charge in [0.15, 0.2) is 0 Å². The average molecular weight is 283 g/mol. The van der Waals surface area contributed by atoms with Crippen molar-refractivity contribution in [2.24, 2.45) is 0 Å². The minimum absolute atomic E-state index is 0.454. The van der Waals surface area contributed by atoms with Crippen molar-refractivity contribution >= 4 is 0 Å². The number of allylic oxidation sites excluding steroid dienone is 2. The highest BCUT2D eigenvalue weighted by Crippen LogP contribution is 2.09. The molecule has 0 aliphatic heterocycles. The molecule has 1 unspecified atom stereocenters. The van der Waals surface area contributed by atoms with Crippen LogP contribution >= 0.6 is 0 Å². The first-order chi connectivity index (χ1) is 9.81. The van der Waals surface area contributed by atoms with E-state index in [-0.39, 0.29) is 0 Å². The maximum Gasteiger partial charge on any atom is 0.0547 e. The third-order valence-electron chi connectivity index (χ3n) is 3.77. The standard InChI is InChI=1S/C19H38O/c1-4-6-8-9-10-11-12-13-14-15-16-17-19(3)20-18-7-5-2/h11-12,19H,4-10,13-18H2,1-3H3. The van der Waals surface area contributed by atoms with Crippen LogP contribution in [0.2, 0.25) is 0 Å². The van der Waals surface area contributed by atoms with Gasteiger partial charge in [0.25, 0.3) is 0 Å². The van der Waals surface area contributed by atoms with Gasteiger partial charge < -0.3 is 4.74 Å². The molecule has 0 aliphatic carbocycles. The molecule has 0 aromatic carbocycles. The van der Waals surface area contributed by atoms with Gasteiger partial charge in [0.05, 0.1) is 6.10 Å². The van der Waals surface area contributed by atoms with Gasteiger partial charge in [0.1, 0.15) is 0 Å². The van der Waals surface area contributed by atoms with E-state index in [1.54, 1.807) is 0 Å². The third-order valence-corrected chi connectivity index (χ3v) is 3.77. The SMILES string of the molecule is CCCCCCC=CCCCCCC(C)OCCCC. The minimum Gasteiger partial charge on any atom is -0.379 e. The van der Waals surface area contributed by atoms with Gasteiger partial charge in [-0.2, -0.15) is 0 Å². The molecule has 1 heteroatoms. The van der Waals surface area contributed by atoms with Crippen LogP contribution in [0.1, 0.15) is 97.8 Å². The molecular formula is C19H38O. The number of ether oxygens (including phenoxy) is 1. The van der Waals surface area contributed by atoms with Crippen LogP contribution in [0.25, 0.3) is 0 Å². The van der Waals surface area contributed by atoms with E-state index in [4.69, 9.17) is 4.74 Å². The maximum absolute atomic E-state index is 5.76. The van der Waals surface area contributed by atoms with Crippen LogP contribution in [0.4, 0.5) is 0 Å². The van der Waals surface area contributed by atoms with Gasteiger partial charge in [-0.25, -0.2) is 0 Å². The lowest BCUT2D eigenvalue weighted by atomic mass is 10.1. The van der Waals surface area contributed by atoms with Gasteiger partial charge in [-0.1, -0.05) is 64.5 Å². The van der Waals surface area contributed by atoms with E-state index >= 15 is 0 Å². The molecule has 0 aromatic heterocycles. The average Bonchev–Trinajstić information content (AvgIpc) is 2.45. The lowest BCUT2D eigenvalue weighted by molar-refractivity contribution is 0.0566. The van der Waals surface area contributed by atoms with Crippen LogP contribution in [-0.4, -0.2) is 12.7 Å². The number of rotatable bonds is 15. The molecule has 0 N–H and O–H groups in total. The Kier molecular flexibility index (Phi) is 16.5. The Labute approximate surface area is 128 Å². The Morgan fingerprint density at radius 2 is 1.35 bits per heavy atom. The molecular weight excluding hydrogens is 244 g/mol. The fourth-order valence-electron chi connectivity index (χ4n) is 2.31. The molecule has 1 nitrogen and oxygen atoms in total. The van der Waals surface area contributed by atoms with Gasteiger partial charge in [-0.05, 0) is 45.4 Å². The molecule has 0 spiro atoms. The fourth-order valence-corrected chi connectivity index (χ4v) is 2.31. The zero-order chi connectivity index (χ0) is 14.9.